The van der Waals surface area contributed by atoms with Gasteiger partial charge in [0.15, 0.2) is 0 Å². The molecule has 0 saturated carbocycles. The molecule has 98 valence electrons. The molecule has 0 atom stereocenters. The molecule has 0 aliphatic carbocycles. The topological polar surface area (TPSA) is 72.5 Å². The van der Waals surface area contributed by atoms with Crippen molar-refractivity contribution in [1.82, 2.24) is 0 Å². The van der Waals surface area contributed by atoms with E-state index in [1.807, 2.05) is 31.2 Å². The van der Waals surface area contributed by atoms with Gasteiger partial charge in [0, 0.05) is 11.8 Å². The first-order chi connectivity index (χ1) is 9.11. The summed E-state index contributed by atoms with van der Waals surface area (Å²) in [5, 5.41) is 8.91. The maximum Gasteiger partial charge on any atom is 0.337 e. The molecule has 0 aliphatic rings. The third-order valence-electron chi connectivity index (χ3n) is 2.83. The fourth-order valence-electron chi connectivity index (χ4n) is 1.82. The van der Waals surface area contributed by atoms with E-state index < -0.39 is 5.97 Å². The minimum atomic E-state index is -1.04. The van der Waals surface area contributed by atoms with Crippen molar-refractivity contribution in [3.05, 3.63) is 53.6 Å². The number of para-hydroxylation sites is 1. The van der Waals surface area contributed by atoms with Gasteiger partial charge in [-0.05, 0) is 30.2 Å². The zero-order chi connectivity index (χ0) is 13.8. The highest BCUT2D eigenvalue weighted by Crippen LogP contribution is 2.28. The van der Waals surface area contributed by atoms with Crippen LogP contribution in [-0.4, -0.2) is 11.1 Å². The molecular formula is C15H15NO3. The lowest BCUT2D eigenvalue weighted by atomic mass is 10.1. The number of rotatable bonds is 4. The van der Waals surface area contributed by atoms with Crippen LogP contribution in [-0.2, 0) is 6.42 Å². The number of ether oxygens (including phenoxy) is 1. The van der Waals surface area contributed by atoms with E-state index in [1.165, 1.54) is 12.1 Å². The molecule has 4 heteroatoms. The van der Waals surface area contributed by atoms with Crippen LogP contribution in [0.4, 0.5) is 5.69 Å². The average Bonchev–Trinajstić information content (AvgIpc) is 2.39. The quantitative estimate of drug-likeness (QED) is 0.824. The maximum atomic E-state index is 10.9. The fraction of sp³-hybridized carbons (Fsp3) is 0.133. The van der Waals surface area contributed by atoms with Gasteiger partial charge < -0.3 is 15.6 Å². The first kappa shape index (κ1) is 13.0. The molecule has 0 spiro atoms. The minimum absolute atomic E-state index is 0.0797. The summed E-state index contributed by atoms with van der Waals surface area (Å²) in [6.07, 6.45) is 0.860. The number of aromatic carboxylic acids is 1. The predicted molar refractivity (Wildman–Crippen MR) is 73.7 cm³/mol. The van der Waals surface area contributed by atoms with Crippen molar-refractivity contribution in [3.8, 4) is 11.5 Å². The lowest BCUT2D eigenvalue weighted by molar-refractivity contribution is 0.0698. The van der Waals surface area contributed by atoms with Gasteiger partial charge in [-0.1, -0.05) is 25.1 Å². The third-order valence-corrected chi connectivity index (χ3v) is 2.83. The van der Waals surface area contributed by atoms with Crippen LogP contribution in [0.1, 0.15) is 22.8 Å². The summed E-state index contributed by atoms with van der Waals surface area (Å²) in [5.74, 6) is 0.244. The van der Waals surface area contributed by atoms with Gasteiger partial charge in [-0.15, -0.1) is 0 Å². The van der Waals surface area contributed by atoms with Crippen molar-refractivity contribution in [1.29, 1.82) is 0 Å². The van der Waals surface area contributed by atoms with Crippen molar-refractivity contribution >= 4 is 11.7 Å². The Morgan fingerprint density at radius 2 is 2.00 bits per heavy atom. The second kappa shape index (κ2) is 5.44. The molecule has 2 aromatic rings. The minimum Gasteiger partial charge on any atom is -0.478 e. The molecule has 0 radical (unpaired) electrons. The van der Waals surface area contributed by atoms with Crippen LogP contribution in [0.2, 0.25) is 0 Å². The Kier molecular flexibility index (Phi) is 3.71. The highest BCUT2D eigenvalue weighted by molar-refractivity contribution is 5.93. The smallest absolute Gasteiger partial charge is 0.337 e. The largest absolute Gasteiger partial charge is 0.478 e. The van der Waals surface area contributed by atoms with Crippen LogP contribution in [0.5, 0.6) is 11.5 Å². The van der Waals surface area contributed by atoms with E-state index in [-0.39, 0.29) is 11.3 Å². The van der Waals surface area contributed by atoms with E-state index in [4.69, 9.17) is 15.6 Å². The van der Waals surface area contributed by atoms with E-state index >= 15 is 0 Å². The van der Waals surface area contributed by atoms with E-state index in [0.29, 0.717) is 5.75 Å². The molecule has 0 aliphatic heterocycles. The SMILES string of the molecule is CCc1ccccc1Oc1ccc(C(=O)O)c(N)c1. The van der Waals surface area contributed by atoms with Crippen LogP contribution >= 0.6 is 0 Å². The van der Waals surface area contributed by atoms with Gasteiger partial charge in [0.25, 0.3) is 0 Å². The summed E-state index contributed by atoms with van der Waals surface area (Å²) >= 11 is 0. The number of nitrogen functional groups attached to an aromatic ring is 1. The maximum absolute atomic E-state index is 10.9. The van der Waals surface area contributed by atoms with Gasteiger partial charge in [-0.25, -0.2) is 4.79 Å². The summed E-state index contributed by atoms with van der Waals surface area (Å²) in [6, 6.07) is 12.3. The number of hydrogen-bond acceptors (Lipinski definition) is 3. The van der Waals surface area contributed by atoms with Crippen LogP contribution in [0.15, 0.2) is 42.5 Å². The molecule has 0 saturated heterocycles. The molecule has 0 aromatic heterocycles. The van der Waals surface area contributed by atoms with E-state index in [2.05, 4.69) is 0 Å². The molecule has 3 N–H and O–H groups in total. The Labute approximate surface area is 111 Å². The Bertz CT molecular complexity index is 608. The predicted octanol–water partition coefficient (Wildman–Crippen LogP) is 3.32. The lowest BCUT2D eigenvalue weighted by Gasteiger charge is -2.11. The Morgan fingerprint density at radius 3 is 2.63 bits per heavy atom. The normalized spacial score (nSPS) is 10.2. The van der Waals surface area contributed by atoms with Crippen LogP contribution < -0.4 is 10.5 Å². The first-order valence-electron chi connectivity index (χ1n) is 6.00. The summed E-state index contributed by atoms with van der Waals surface area (Å²) in [4.78, 5) is 10.9. The van der Waals surface area contributed by atoms with Crippen molar-refractivity contribution in [2.45, 2.75) is 13.3 Å². The summed E-state index contributed by atoms with van der Waals surface area (Å²) < 4.78 is 5.74. The second-order valence-electron chi connectivity index (χ2n) is 4.12. The first-order valence-corrected chi connectivity index (χ1v) is 6.00. The second-order valence-corrected chi connectivity index (χ2v) is 4.12. The van der Waals surface area contributed by atoms with Crippen molar-refractivity contribution in [2.75, 3.05) is 5.73 Å². The number of nitrogens with two attached hydrogens (primary N) is 1. The van der Waals surface area contributed by atoms with E-state index in [1.54, 1.807) is 6.07 Å². The standard InChI is InChI=1S/C15H15NO3/c1-2-10-5-3-4-6-14(10)19-11-7-8-12(15(17)18)13(16)9-11/h3-9H,2,16H2,1H3,(H,17,18). The van der Waals surface area contributed by atoms with Crippen molar-refractivity contribution in [3.63, 3.8) is 0 Å². The van der Waals surface area contributed by atoms with E-state index in [9.17, 15) is 4.79 Å². The number of aryl methyl sites for hydroxylation is 1. The van der Waals surface area contributed by atoms with Gasteiger partial charge in [-0.2, -0.15) is 0 Å². The molecule has 4 nitrogen and oxygen atoms in total. The zero-order valence-corrected chi connectivity index (χ0v) is 10.6. The lowest BCUT2D eigenvalue weighted by Crippen LogP contribution is -2.02. The highest BCUT2D eigenvalue weighted by atomic mass is 16.5. The number of carbonyl (C=O) groups is 1. The van der Waals surface area contributed by atoms with Crippen LogP contribution in [0.3, 0.4) is 0 Å². The third kappa shape index (κ3) is 2.85. The molecule has 2 rings (SSSR count). The summed E-state index contributed by atoms with van der Waals surface area (Å²) in [5.41, 5.74) is 7.05. The molecule has 2 aromatic carbocycles. The summed E-state index contributed by atoms with van der Waals surface area (Å²) in [7, 11) is 0. The van der Waals surface area contributed by atoms with Gasteiger partial charge in [0.2, 0.25) is 0 Å². The molecular weight excluding hydrogens is 242 g/mol. The van der Waals surface area contributed by atoms with Crippen LogP contribution in [0.25, 0.3) is 0 Å². The summed E-state index contributed by atoms with van der Waals surface area (Å²) in [6.45, 7) is 2.05. The number of carboxylic acids is 1. The zero-order valence-electron chi connectivity index (χ0n) is 10.6. The monoisotopic (exact) mass is 257 g/mol. The number of hydrogen-bond donors (Lipinski definition) is 2. The van der Waals surface area contributed by atoms with Crippen molar-refractivity contribution < 1.29 is 14.6 Å². The van der Waals surface area contributed by atoms with Gasteiger partial charge in [0.1, 0.15) is 11.5 Å². The molecule has 0 bridgehead atoms. The van der Waals surface area contributed by atoms with E-state index in [0.717, 1.165) is 17.7 Å². The average molecular weight is 257 g/mol. The molecule has 0 unspecified atom stereocenters. The Balaban J connectivity index is 2.29. The fourth-order valence-corrected chi connectivity index (χ4v) is 1.82. The van der Waals surface area contributed by atoms with Crippen LogP contribution in [0, 0.1) is 0 Å². The number of carboxylic acid groups (broad SMARTS) is 1. The molecule has 0 heterocycles. The molecule has 0 amide bonds. The van der Waals surface area contributed by atoms with Gasteiger partial charge in [-0.3, -0.25) is 0 Å². The highest BCUT2D eigenvalue weighted by Gasteiger charge is 2.09. The van der Waals surface area contributed by atoms with Gasteiger partial charge in [0.05, 0.1) is 5.56 Å². The number of anilines is 1. The Morgan fingerprint density at radius 1 is 1.26 bits per heavy atom. The van der Waals surface area contributed by atoms with Crippen molar-refractivity contribution in [2.24, 2.45) is 0 Å². The number of benzene rings is 2. The Hall–Kier alpha value is -2.49. The molecule has 0 fully saturated rings. The molecule has 19 heavy (non-hydrogen) atoms. The van der Waals surface area contributed by atoms with Gasteiger partial charge >= 0.3 is 5.97 Å².